The van der Waals surface area contributed by atoms with Crippen LogP contribution in [0.25, 0.3) is 0 Å². The van der Waals surface area contributed by atoms with E-state index in [-0.39, 0.29) is 22.9 Å². The van der Waals surface area contributed by atoms with Crippen molar-refractivity contribution in [1.82, 2.24) is 10.2 Å². The number of aryl methyl sites for hydroxylation is 1. The van der Waals surface area contributed by atoms with E-state index in [0.29, 0.717) is 12.1 Å². The van der Waals surface area contributed by atoms with Crippen LogP contribution in [-0.4, -0.2) is 16.1 Å². The van der Waals surface area contributed by atoms with Gasteiger partial charge >= 0.3 is 6.18 Å². The van der Waals surface area contributed by atoms with Gasteiger partial charge in [0.05, 0.1) is 0 Å². The number of carbonyl (C=O) groups excluding carboxylic acids is 1. The molecule has 0 atom stereocenters. The molecule has 0 aliphatic rings. The van der Waals surface area contributed by atoms with Crippen LogP contribution < -0.4 is 11.1 Å². The van der Waals surface area contributed by atoms with Crippen LogP contribution in [0.4, 0.5) is 24.0 Å². The Morgan fingerprint density at radius 1 is 1.29 bits per heavy atom. The smallest absolute Gasteiger partial charge is 0.399 e. The first-order chi connectivity index (χ1) is 9.86. The molecule has 0 saturated heterocycles. The molecule has 21 heavy (non-hydrogen) atoms. The van der Waals surface area contributed by atoms with Crippen LogP contribution in [0.15, 0.2) is 24.3 Å². The first kappa shape index (κ1) is 15.2. The molecule has 9 heteroatoms. The number of alkyl halides is 3. The van der Waals surface area contributed by atoms with Crippen molar-refractivity contribution in [2.24, 2.45) is 0 Å². The Hall–Kier alpha value is -2.16. The van der Waals surface area contributed by atoms with Crippen LogP contribution in [0, 0.1) is 0 Å². The van der Waals surface area contributed by atoms with Gasteiger partial charge in [-0.25, -0.2) is 0 Å². The lowest BCUT2D eigenvalue weighted by atomic mass is 10.1. The number of halogens is 3. The maximum absolute atomic E-state index is 12.3. The lowest BCUT2D eigenvalue weighted by Gasteiger charge is -2.04. The van der Waals surface area contributed by atoms with Gasteiger partial charge in [-0.05, 0) is 18.1 Å². The van der Waals surface area contributed by atoms with Gasteiger partial charge in [0.25, 0.3) is 0 Å². The van der Waals surface area contributed by atoms with Gasteiger partial charge in [-0.3, -0.25) is 4.79 Å². The van der Waals surface area contributed by atoms with E-state index >= 15 is 0 Å². The quantitative estimate of drug-likeness (QED) is 0.850. The second-order valence-electron chi connectivity index (χ2n) is 4.16. The minimum absolute atomic E-state index is 0.0924. The van der Waals surface area contributed by atoms with Gasteiger partial charge in [0.15, 0.2) is 0 Å². The van der Waals surface area contributed by atoms with Crippen molar-refractivity contribution in [1.29, 1.82) is 0 Å². The number of amides is 1. The van der Waals surface area contributed by atoms with Crippen molar-refractivity contribution in [3.8, 4) is 0 Å². The number of nitrogens with one attached hydrogen (secondary N) is 1. The molecule has 1 aromatic heterocycles. The first-order valence-corrected chi connectivity index (χ1v) is 6.72. The van der Waals surface area contributed by atoms with E-state index in [1.165, 1.54) is 0 Å². The van der Waals surface area contributed by atoms with E-state index in [2.05, 4.69) is 15.5 Å². The summed E-state index contributed by atoms with van der Waals surface area (Å²) in [6, 6.07) is 7.08. The highest BCUT2D eigenvalue weighted by molar-refractivity contribution is 7.15. The maximum Gasteiger partial charge on any atom is 0.445 e. The highest BCUT2D eigenvalue weighted by Gasteiger charge is 2.35. The van der Waals surface area contributed by atoms with E-state index in [1.54, 1.807) is 24.3 Å². The summed E-state index contributed by atoms with van der Waals surface area (Å²) in [6.07, 6.45) is -4.07. The molecule has 0 aliphatic heterocycles. The second kappa shape index (κ2) is 6.08. The fourth-order valence-corrected chi connectivity index (χ4v) is 2.21. The third-order valence-electron chi connectivity index (χ3n) is 2.59. The van der Waals surface area contributed by atoms with Gasteiger partial charge in [-0.15, -0.1) is 10.2 Å². The van der Waals surface area contributed by atoms with Crippen molar-refractivity contribution >= 4 is 28.1 Å². The molecular formula is C12H11F3N4OS. The largest absolute Gasteiger partial charge is 0.445 e. The van der Waals surface area contributed by atoms with E-state index < -0.39 is 17.1 Å². The Morgan fingerprint density at radius 3 is 2.62 bits per heavy atom. The number of nitrogens with zero attached hydrogens (tertiary/aromatic N) is 2. The lowest BCUT2D eigenvalue weighted by Crippen LogP contribution is -2.12. The summed E-state index contributed by atoms with van der Waals surface area (Å²) in [6.45, 7) is 0. The molecule has 0 unspecified atom stereocenters. The average molecular weight is 316 g/mol. The monoisotopic (exact) mass is 316 g/mol. The highest BCUT2D eigenvalue weighted by atomic mass is 32.1. The molecule has 0 aliphatic carbocycles. The molecular weight excluding hydrogens is 305 g/mol. The molecule has 0 bridgehead atoms. The minimum Gasteiger partial charge on any atom is -0.399 e. The van der Waals surface area contributed by atoms with Crippen molar-refractivity contribution in [2.45, 2.75) is 19.0 Å². The summed E-state index contributed by atoms with van der Waals surface area (Å²) in [5.41, 5.74) is 7.11. The van der Waals surface area contributed by atoms with Gasteiger partial charge < -0.3 is 11.1 Å². The number of anilines is 2. The van der Waals surface area contributed by atoms with Crippen LogP contribution in [0.5, 0.6) is 0 Å². The Bertz CT molecular complexity index is 641. The van der Waals surface area contributed by atoms with Gasteiger partial charge in [-0.1, -0.05) is 29.5 Å². The Morgan fingerprint density at radius 2 is 2.00 bits per heavy atom. The first-order valence-electron chi connectivity index (χ1n) is 5.90. The highest BCUT2D eigenvalue weighted by Crippen LogP contribution is 2.33. The summed E-state index contributed by atoms with van der Waals surface area (Å²) in [5, 5.41) is 7.29. The van der Waals surface area contributed by atoms with Crippen molar-refractivity contribution < 1.29 is 18.0 Å². The van der Waals surface area contributed by atoms with E-state index in [1.807, 2.05) is 0 Å². The van der Waals surface area contributed by atoms with Crippen molar-refractivity contribution in [2.75, 3.05) is 11.1 Å². The zero-order valence-electron chi connectivity index (χ0n) is 10.6. The van der Waals surface area contributed by atoms with Crippen molar-refractivity contribution in [3.63, 3.8) is 0 Å². The number of nitrogen functional groups attached to an aromatic ring is 1. The lowest BCUT2D eigenvalue weighted by molar-refractivity contribution is -0.138. The Labute approximate surface area is 122 Å². The molecule has 112 valence electrons. The number of benzene rings is 1. The molecule has 2 rings (SSSR count). The Kier molecular flexibility index (Phi) is 4.41. The number of nitrogens with two attached hydrogens (primary N) is 1. The number of aromatic nitrogens is 2. The maximum atomic E-state index is 12.3. The molecule has 0 saturated carbocycles. The normalized spacial score (nSPS) is 11.4. The minimum atomic E-state index is -4.56. The number of hydrogen-bond donors (Lipinski definition) is 2. The molecule has 3 N–H and O–H groups in total. The standard InChI is InChI=1S/C12H11F3N4OS/c13-12(14,15)10-18-19-11(21-10)17-9(20)6-5-7-3-1-2-4-8(7)16/h1-4H,5-6,16H2,(H,17,19,20). The van der Waals surface area contributed by atoms with Gasteiger partial charge in [0.1, 0.15) is 0 Å². The topological polar surface area (TPSA) is 80.9 Å². The zero-order chi connectivity index (χ0) is 15.5. The van der Waals surface area contributed by atoms with Crippen molar-refractivity contribution in [3.05, 3.63) is 34.8 Å². The van der Waals surface area contributed by atoms with Crippen LogP contribution in [0.1, 0.15) is 17.0 Å². The van der Waals surface area contributed by atoms with Gasteiger partial charge in [0.2, 0.25) is 16.0 Å². The predicted molar refractivity (Wildman–Crippen MR) is 72.7 cm³/mol. The SMILES string of the molecule is Nc1ccccc1CCC(=O)Nc1nnc(C(F)(F)F)s1. The van der Waals surface area contributed by atoms with Crippen LogP contribution >= 0.6 is 11.3 Å². The van der Waals surface area contributed by atoms with Crippen LogP contribution in [0.2, 0.25) is 0 Å². The molecule has 1 amide bonds. The van der Waals surface area contributed by atoms with Crippen LogP contribution in [-0.2, 0) is 17.4 Å². The summed E-state index contributed by atoms with van der Waals surface area (Å²) in [5.74, 6) is -0.442. The summed E-state index contributed by atoms with van der Waals surface area (Å²) >= 11 is 0.289. The molecule has 2 aromatic rings. The average Bonchev–Trinajstić information content (AvgIpc) is 2.86. The second-order valence-corrected chi connectivity index (χ2v) is 5.13. The molecule has 0 radical (unpaired) electrons. The number of para-hydroxylation sites is 1. The fourth-order valence-electron chi connectivity index (χ4n) is 1.58. The molecule has 0 fully saturated rings. The van der Waals surface area contributed by atoms with Gasteiger partial charge in [-0.2, -0.15) is 13.2 Å². The summed E-state index contributed by atoms with van der Waals surface area (Å²) in [4.78, 5) is 11.7. The zero-order valence-corrected chi connectivity index (χ0v) is 11.5. The molecule has 0 spiro atoms. The van der Waals surface area contributed by atoms with Crippen LogP contribution in [0.3, 0.4) is 0 Å². The van der Waals surface area contributed by atoms with Gasteiger partial charge in [0, 0.05) is 12.1 Å². The summed E-state index contributed by atoms with van der Waals surface area (Å²) < 4.78 is 37.0. The summed E-state index contributed by atoms with van der Waals surface area (Å²) in [7, 11) is 0. The van der Waals surface area contributed by atoms with E-state index in [9.17, 15) is 18.0 Å². The third-order valence-corrected chi connectivity index (χ3v) is 3.47. The van der Waals surface area contributed by atoms with E-state index in [0.717, 1.165) is 5.56 Å². The van der Waals surface area contributed by atoms with E-state index in [4.69, 9.17) is 5.73 Å². The number of carbonyl (C=O) groups is 1. The fraction of sp³-hybridized carbons (Fsp3) is 0.250. The third kappa shape index (κ3) is 4.15. The Balaban J connectivity index is 1.90. The molecule has 1 aromatic carbocycles. The number of rotatable bonds is 4. The predicted octanol–water partition coefficient (Wildman–Crippen LogP) is 2.71. The number of hydrogen-bond acceptors (Lipinski definition) is 5. The molecule has 5 nitrogen and oxygen atoms in total. The molecule has 1 heterocycles.